The molecule has 94 valence electrons. The maximum absolute atomic E-state index is 11.6. The molecule has 18 heavy (non-hydrogen) atoms. The Morgan fingerprint density at radius 3 is 2.67 bits per heavy atom. The number of carbonyl (C=O) groups excluding carboxylic acids is 1. The molecule has 1 aromatic heterocycles. The molecule has 0 aliphatic heterocycles. The van der Waals surface area contributed by atoms with Crippen molar-refractivity contribution in [1.82, 2.24) is 5.32 Å². The first-order chi connectivity index (χ1) is 8.74. The fourth-order valence-corrected chi connectivity index (χ4v) is 2.29. The fourth-order valence-electron chi connectivity index (χ4n) is 1.46. The smallest absolute Gasteiger partial charge is 0.319 e. The summed E-state index contributed by atoms with van der Waals surface area (Å²) in [7, 11) is 0. The van der Waals surface area contributed by atoms with Gasteiger partial charge in [-0.3, -0.25) is 0 Å². The van der Waals surface area contributed by atoms with Gasteiger partial charge < -0.3 is 10.6 Å². The van der Waals surface area contributed by atoms with Crippen LogP contribution in [0.1, 0.15) is 5.56 Å². The van der Waals surface area contributed by atoms with E-state index in [0.717, 1.165) is 12.1 Å². The van der Waals surface area contributed by atoms with Crippen molar-refractivity contribution in [2.24, 2.45) is 0 Å². The van der Waals surface area contributed by atoms with Crippen molar-refractivity contribution in [3.63, 3.8) is 0 Å². The Balaban J connectivity index is 1.73. The molecule has 2 amide bonds. The van der Waals surface area contributed by atoms with Crippen molar-refractivity contribution in [2.45, 2.75) is 6.42 Å². The SMILES string of the molecule is O=C(NCCc1ccsc1)Nc1ccc(Cl)cc1. The summed E-state index contributed by atoms with van der Waals surface area (Å²) in [6.45, 7) is 0.621. The van der Waals surface area contributed by atoms with Gasteiger partial charge in [-0.2, -0.15) is 11.3 Å². The number of carbonyl (C=O) groups is 1. The summed E-state index contributed by atoms with van der Waals surface area (Å²) in [5, 5.41) is 10.3. The summed E-state index contributed by atoms with van der Waals surface area (Å²) in [4.78, 5) is 11.6. The highest BCUT2D eigenvalue weighted by atomic mass is 35.5. The minimum absolute atomic E-state index is 0.201. The van der Waals surface area contributed by atoms with E-state index in [4.69, 9.17) is 11.6 Å². The Labute approximate surface area is 115 Å². The van der Waals surface area contributed by atoms with Crippen LogP contribution in [-0.4, -0.2) is 12.6 Å². The van der Waals surface area contributed by atoms with Gasteiger partial charge >= 0.3 is 6.03 Å². The summed E-state index contributed by atoms with van der Waals surface area (Å²) in [6, 6.07) is 8.86. The van der Waals surface area contributed by atoms with Crippen LogP contribution in [0.15, 0.2) is 41.1 Å². The third-order valence-corrected chi connectivity index (χ3v) is 3.37. The minimum Gasteiger partial charge on any atom is -0.338 e. The number of rotatable bonds is 4. The number of thiophene rings is 1. The fraction of sp³-hybridized carbons (Fsp3) is 0.154. The molecule has 0 bridgehead atoms. The van der Waals surface area contributed by atoms with Crippen molar-refractivity contribution < 1.29 is 4.79 Å². The molecule has 0 atom stereocenters. The molecule has 0 radical (unpaired) electrons. The van der Waals surface area contributed by atoms with Crippen molar-refractivity contribution in [3.05, 3.63) is 51.7 Å². The van der Waals surface area contributed by atoms with Gasteiger partial charge in [-0.15, -0.1) is 0 Å². The zero-order valence-corrected chi connectivity index (χ0v) is 11.2. The van der Waals surface area contributed by atoms with E-state index in [1.165, 1.54) is 5.56 Å². The third kappa shape index (κ3) is 4.05. The van der Waals surface area contributed by atoms with Crippen LogP contribution < -0.4 is 10.6 Å². The minimum atomic E-state index is -0.201. The number of halogens is 1. The van der Waals surface area contributed by atoms with E-state index in [-0.39, 0.29) is 6.03 Å². The Kier molecular flexibility index (Phi) is 4.61. The highest BCUT2D eigenvalue weighted by Gasteiger charge is 2.01. The average Bonchev–Trinajstić information content (AvgIpc) is 2.85. The van der Waals surface area contributed by atoms with Gasteiger partial charge in [0, 0.05) is 17.3 Å². The normalized spacial score (nSPS) is 10.1. The number of hydrogen-bond donors (Lipinski definition) is 2. The lowest BCUT2D eigenvalue weighted by molar-refractivity contribution is 0.252. The first kappa shape index (κ1) is 12.9. The summed E-state index contributed by atoms with van der Waals surface area (Å²) in [5.74, 6) is 0. The molecule has 5 heteroatoms. The molecule has 0 aliphatic rings. The van der Waals surface area contributed by atoms with E-state index < -0.39 is 0 Å². The zero-order valence-electron chi connectivity index (χ0n) is 9.65. The summed E-state index contributed by atoms with van der Waals surface area (Å²) >= 11 is 7.42. The molecule has 0 fully saturated rings. The second kappa shape index (κ2) is 6.42. The van der Waals surface area contributed by atoms with Crippen LogP contribution in [0.4, 0.5) is 10.5 Å². The Bertz CT molecular complexity index is 496. The number of urea groups is 1. The number of nitrogens with one attached hydrogen (secondary N) is 2. The maximum atomic E-state index is 11.6. The van der Waals surface area contributed by atoms with E-state index in [1.54, 1.807) is 35.6 Å². The number of anilines is 1. The van der Waals surface area contributed by atoms with Gasteiger partial charge in [0.2, 0.25) is 0 Å². The van der Waals surface area contributed by atoms with Gasteiger partial charge in [0.25, 0.3) is 0 Å². The Hall–Kier alpha value is -1.52. The van der Waals surface area contributed by atoms with Gasteiger partial charge in [-0.05, 0) is 53.1 Å². The first-order valence-corrected chi connectivity index (χ1v) is 6.87. The molecular formula is C13H13ClN2OS. The molecule has 0 saturated carbocycles. The first-order valence-electron chi connectivity index (χ1n) is 5.55. The van der Waals surface area contributed by atoms with E-state index in [0.29, 0.717) is 11.6 Å². The molecule has 0 aliphatic carbocycles. The molecule has 2 rings (SSSR count). The molecule has 0 saturated heterocycles. The molecule has 3 nitrogen and oxygen atoms in total. The monoisotopic (exact) mass is 280 g/mol. The lowest BCUT2D eigenvalue weighted by atomic mass is 10.2. The van der Waals surface area contributed by atoms with E-state index in [2.05, 4.69) is 22.1 Å². The van der Waals surface area contributed by atoms with Crippen molar-refractivity contribution in [3.8, 4) is 0 Å². The second-order valence-electron chi connectivity index (χ2n) is 3.77. The van der Waals surface area contributed by atoms with Crippen LogP contribution in [-0.2, 0) is 6.42 Å². The van der Waals surface area contributed by atoms with E-state index in [9.17, 15) is 4.79 Å². The van der Waals surface area contributed by atoms with Crippen LogP contribution in [0.3, 0.4) is 0 Å². The van der Waals surface area contributed by atoms with Gasteiger partial charge in [-0.1, -0.05) is 11.6 Å². The molecule has 0 spiro atoms. The number of amides is 2. The molecule has 2 N–H and O–H groups in total. The molecule has 1 aromatic carbocycles. The Morgan fingerprint density at radius 2 is 2.00 bits per heavy atom. The molecular weight excluding hydrogens is 268 g/mol. The molecule has 0 unspecified atom stereocenters. The van der Waals surface area contributed by atoms with Crippen molar-refractivity contribution in [1.29, 1.82) is 0 Å². The van der Waals surface area contributed by atoms with Gasteiger partial charge in [0.15, 0.2) is 0 Å². The van der Waals surface area contributed by atoms with E-state index >= 15 is 0 Å². The summed E-state index contributed by atoms with van der Waals surface area (Å²) in [5.41, 5.74) is 1.97. The molecule has 1 heterocycles. The largest absolute Gasteiger partial charge is 0.338 e. The Morgan fingerprint density at radius 1 is 1.22 bits per heavy atom. The highest BCUT2D eigenvalue weighted by Crippen LogP contribution is 2.13. The summed E-state index contributed by atoms with van der Waals surface area (Å²) in [6.07, 6.45) is 0.845. The predicted octanol–water partition coefficient (Wildman–Crippen LogP) is 3.77. The predicted molar refractivity (Wildman–Crippen MR) is 76.5 cm³/mol. The quantitative estimate of drug-likeness (QED) is 0.879. The number of benzene rings is 1. The lowest BCUT2D eigenvalue weighted by Crippen LogP contribution is -2.30. The van der Waals surface area contributed by atoms with Crippen LogP contribution in [0.25, 0.3) is 0 Å². The number of hydrogen-bond acceptors (Lipinski definition) is 2. The average molecular weight is 281 g/mol. The lowest BCUT2D eigenvalue weighted by Gasteiger charge is -2.07. The van der Waals surface area contributed by atoms with Crippen molar-refractivity contribution >= 4 is 34.7 Å². The van der Waals surface area contributed by atoms with Gasteiger partial charge in [0.05, 0.1) is 0 Å². The van der Waals surface area contributed by atoms with Crippen molar-refractivity contribution in [2.75, 3.05) is 11.9 Å². The molecule has 2 aromatic rings. The van der Waals surface area contributed by atoms with Gasteiger partial charge in [-0.25, -0.2) is 4.79 Å². The van der Waals surface area contributed by atoms with Crippen LogP contribution >= 0.6 is 22.9 Å². The maximum Gasteiger partial charge on any atom is 0.319 e. The van der Waals surface area contributed by atoms with Crippen LogP contribution in [0, 0.1) is 0 Å². The summed E-state index contributed by atoms with van der Waals surface area (Å²) < 4.78 is 0. The topological polar surface area (TPSA) is 41.1 Å². The second-order valence-corrected chi connectivity index (χ2v) is 4.99. The standard InChI is InChI=1S/C13H13ClN2OS/c14-11-1-3-12(4-2-11)16-13(17)15-7-5-10-6-8-18-9-10/h1-4,6,8-9H,5,7H2,(H2,15,16,17). The van der Waals surface area contributed by atoms with Crippen LogP contribution in [0.5, 0.6) is 0 Å². The highest BCUT2D eigenvalue weighted by molar-refractivity contribution is 7.07. The van der Waals surface area contributed by atoms with Gasteiger partial charge in [0.1, 0.15) is 0 Å². The third-order valence-electron chi connectivity index (χ3n) is 2.38. The van der Waals surface area contributed by atoms with Crippen LogP contribution in [0.2, 0.25) is 5.02 Å². The zero-order chi connectivity index (χ0) is 12.8. The van der Waals surface area contributed by atoms with E-state index in [1.807, 2.05) is 5.38 Å².